The first-order valence-corrected chi connectivity index (χ1v) is 5.23. The number of carboxylic acid groups (broad SMARTS) is 1. The lowest BCUT2D eigenvalue weighted by atomic mass is 10.3. The van der Waals surface area contributed by atoms with E-state index in [9.17, 15) is 4.79 Å². The quantitative estimate of drug-likeness (QED) is 0.875. The standard InChI is InChI=1S/C12H12N2O3/c1-2-17-10-5-3-9(4-6-10)14-8-7-11(13-14)12(15)16/h3-8H,2H2,1H3,(H,15,16). The van der Waals surface area contributed by atoms with E-state index in [-0.39, 0.29) is 5.69 Å². The van der Waals surface area contributed by atoms with Crippen molar-refractivity contribution in [3.05, 3.63) is 42.2 Å². The van der Waals surface area contributed by atoms with E-state index in [4.69, 9.17) is 9.84 Å². The molecular formula is C12H12N2O3. The van der Waals surface area contributed by atoms with Crippen molar-refractivity contribution < 1.29 is 14.6 Å². The zero-order valence-electron chi connectivity index (χ0n) is 9.33. The Labute approximate surface area is 98.3 Å². The van der Waals surface area contributed by atoms with Crippen molar-refractivity contribution in [2.45, 2.75) is 6.92 Å². The molecule has 0 aliphatic heterocycles. The number of carbonyl (C=O) groups is 1. The zero-order valence-corrected chi connectivity index (χ0v) is 9.33. The lowest BCUT2D eigenvalue weighted by Gasteiger charge is -2.04. The zero-order chi connectivity index (χ0) is 12.3. The molecule has 0 atom stereocenters. The summed E-state index contributed by atoms with van der Waals surface area (Å²) in [5, 5.41) is 12.7. The molecule has 0 radical (unpaired) electrons. The molecule has 0 aliphatic carbocycles. The molecule has 0 saturated carbocycles. The average molecular weight is 232 g/mol. The van der Waals surface area contributed by atoms with E-state index in [1.54, 1.807) is 6.20 Å². The molecule has 17 heavy (non-hydrogen) atoms. The molecule has 88 valence electrons. The first-order valence-electron chi connectivity index (χ1n) is 5.23. The summed E-state index contributed by atoms with van der Waals surface area (Å²) in [4.78, 5) is 10.7. The maximum Gasteiger partial charge on any atom is 0.356 e. The summed E-state index contributed by atoms with van der Waals surface area (Å²) < 4.78 is 6.83. The lowest BCUT2D eigenvalue weighted by molar-refractivity contribution is 0.0690. The van der Waals surface area contributed by atoms with E-state index in [0.717, 1.165) is 11.4 Å². The van der Waals surface area contributed by atoms with Crippen molar-refractivity contribution in [3.8, 4) is 11.4 Å². The van der Waals surface area contributed by atoms with Crippen LogP contribution in [0.2, 0.25) is 0 Å². The summed E-state index contributed by atoms with van der Waals surface area (Å²) in [7, 11) is 0. The normalized spacial score (nSPS) is 10.2. The maximum absolute atomic E-state index is 10.7. The van der Waals surface area contributed by atoms with Gasteiger partial charge in [0, 0.05) is 6.20 Å². The predicted molar refractivity (Wildman–Crippen MR) is 61.7 cm³/mol. The highest BCUT2D eigenvalue weighted by Crippen LogP contribution is 2.15. The Morgan fingerprint density at radius 1 is 1.35 bits per heavy atom. The van der Waals surface area contributed by atoms with Gasteiger partial charge in [0.1, 0.15) is 5.75 Å². The molecule has 0 fully saturated rings. The minimum absolute atomic E-state index is 0.0267. The molecule has 1 aromatic carbocycles. The van der Waals surface area contributed by atoms with Gasteiger partial charge in [0.25, 0.3) is 0 Å². The molecular weight excluding hydrogens is 220 g/mol. The molecule has 0 saturated heterocycles. The molecule has 0 amide bonds. The lowest BCUT2D eigenvalue weighted by Crippen LogP contribution is -2.01. The third-order valence-electron chi connectivity index (χ3n) is 2.22. The topological polar surface area (TPSA) is 64.3 Å². The minimum atomic E-state index is -1.03. The van der Waals surface area contributed by atoms with Crippen LogP contribution in [-0.4, -0.2) is 27.5 Å². The van der Waals surface area contributed by atoms with Crippen LogP contribution in [0.15, 0.2) is 36.5 Å². The Hall–Kier alpha value is -2.30. The van der Waals surface area contributed by atoms with Crippen molar-refractivity contribution >= 4 is 5.97 Å². The van der Waals surface area contributed by atoms with E-state index in [1.807, 2.05) is 31.2 Å². The van der Waals surface area contributed by atoms with E-state index < -0.39 is 5.97 Å². The summed E-state index contributed by atoms with van der Waals surface area (Å²) in [6.07, 6.45) is 1.61. The van der Waals surface area contributed by atoms with Crippen molar-refractivity contribution in [1.82, 2.24) is 9.78 Å². The molecule has 0 unspecified atom stereocenters. The monoisotopic (exact) mass is 232 g/mol. The van der Waals surface area contributed by atoms with Crippen LogP contribution in [-0.2, 0) is 0 Å². The number of carboxylic acids is 1. The van der Waals surface area contributed by atoms with Gasteiger partial charge >= 0.3 is 5.97 Å². The maximum atomic E-state index is 10.7. The molecule has 5 nitrogen and oxygen atoms in total. The van der Waals surface area contributed by atoms with Crippen LogP contribution in [0.25, 0.3) is 5.69 Å². The third kappa shape index (κ3) is 2.44. The summed E-state index contributed by atoms with van der Waals surface area (Å²) in [5.74, 6) is -0.253. The highest BCUT2D eigenvalue weighted by molar-refractivity contribution is 5.85. The number of ether oxygens (including phenoxy) is 1. The number of aromatic nitrogens is 2. The Morgan fingerprint density at radius 3 is 2.59 bits per heavy atom. The number of aromatic carboxylic acids is 1. The Kier molecular flexibility index (Phi) is 3.09. The summed E-state index contributed by atoms with van der Waals surface area (Å²) in [6.45, 7) is 2.53. The molecule has 0 spiro atoms. The second-order valence-electron chi connectivity index (χ2n) is 3.38. The number of rotatable bonds is 4. The Morgan fingerprint density at radius 2 is 2.06 bits per heavy atom. The average Bonchev–Trinajstić information content (AvgIpc) is 2.80. The van der Waals surface area contributed by atoms with Gasteiger partial charge < -0.3 is 9.84 Å². The van der Waals surface area contributed by atoms with Gasteiger partial charge in [-0.25, -0.2) is 9.48 Å². The van der Waals surface area contributed by atoms with E-state index in [0.29, 0.717) is 6.61 Å². The van der Waals surface area contributed by atoms with Gasteiger partial charge in [-0.05, 0) is 37.3 Å². The van der Waals surface area contributed by atoms with Gasteiger partial charge in [0.2, 0.25) is 0 Å². The van der Waals surface area contributed by atoms with Crippen molar-refractivity contribution in [2.24, 2.45) is 0 Å². The fourth-order valence-electron chi connectivity index (χ4n) is 1.44. The molecule has 2 rings (SSSR count). The van der Waals surface area contributed by atoms with Crippen molar-refractivity contribution in [2.75, 3.05) is 6.61 Å². The van der Waals surface area contributed by atoms with Crippen LogP contribution in [0.3, 0.4) is 0 Å². The fraction of sp³-hybridized carbons (Fsp3) is 0.167. The van der Waals surface area contributed by atoms with E-state index >= 15 is 0 Å². The van der Waals surface area contributed by atoms with Gasteiger partial charge in [-0.1, -0.05) is 0 Å². The first-order chi connectivity index (χ1) is 8.20. The van der Waals surface area contributed by atoms with Gasteiger partial charge in [0.15, 0.2) is 5.69 Å². The highest BCUT2D eigenvalue weighted by atomic mass is 16.5. The number of hydrogen-bond donors (Lipinski definition) is 1. The van der Waals surface area contributed by atoms with Crippen molar-refractivity contribution in [1.29, 1.82) is 0 Å². The first kappa shape index (κ1) is 11.2. The van der Waals surface area contributed by atoms with Crippen LogP contribution in [0.5, 0.6) is 5.75 Å². The number of nitrogens with zero attached hydrogens (tertiary/aromatic N) is 2. The van der Waals surface area contributed by atoms with Crippen LogP contribution in [0.4, 0.5) is 0 Å². The molecule has 1 heterocycles. The predicted octanol–water partition coefficient (Wildman–Crippen LogP) is 1.97. The molecule has 1 N–H and O–H groups in total. The summed E-state index contributed by atoms with van der Waals surface area (Å²) in [5.41, 5.74) is 0.819. The molecule has 5 heteroatoms. The van der Waals surface area contributed by atoms with Gasteiger partial charge in [0.05, 0.1) is 12.3 Å². The minimum Gasteiger partial charge on any atom is -0.494 e. The molecule has 0 aliphatic rings. The molecule has 2 aromatic rings. The molecule has 0 bridgehead atoms. The van der Waals surface area contributed by atoms with Gasteiger partial charge in [-0.2, -0.15) is 5.10 Å². The Bertz CT molecular complexity index is 517. The highest BCUT2D eigenvalue weighted by Gasteiger charge is 2.07. The van der Waals surface area contributed by atoms with Crippen molar-refractivity contribution in [3.63, 3.8) is 0 Å². The fourth-order valence-corrected chi connectivity index (χ4v) is 1.44. The Balaban J connectivity index is 2.23. The van der Waals surface area contributed by atoms with Gasteiger partial charge in [-0.15, -0.1) is 0 Å². The second-order valence-corrected chi connectivity index (χ2v) is 3.38. The SMILES string of the molecule is CCOc1ccc(-n2ccc(C(=O)O)n2)cc1. The summed E-state index contributed by atoms with van der Waals surface area (Å²) >= 11 is 0. The van der Waals surface area contributed by atoms with Crippen LogP contribution >= 0.6 is 0 Å². The van der Waals surface area contributed by atoms with E-state index in [2.05, 4.69) is 5.10 Å². The smallest absolute Gasteiger partial charge is 0.356 e. The van der Waals surface area contributed by atoms with E-state index in [1.165, 1.54) is 10.7 Å². The van der Waals surface area contributed by atoms with Crippen LogP contribution in [0.1, 0.15) is 17.4 Å². The summed E-state index contributed by atoms with van der Waals surface area (Å²) in [6, 6.07) is 8.74. The van der Waals surface area contributed by atoms with Crippen LogP contribution in [0, 0.1) is 0 Å². The second kappa shape index (κ2) is 4.69. The third-order valence-corrected chi connectivity index (χ3v) is 2.22. The van der Waals surface area contributed by atoms with Crippen LogP contribution < -0.4 is 4.74 Å². The number of hydrogen-bond acceptors (Lipinski definition) is 3. The molecule has 1 aromatic heterocycles. The van der Waals surface area contributed by atoms with Gasteiger partial charge in [-0.3, -0.25) is 0 Å². The number of benzene rings is 1. The largest absolute Gasteiger partial charge is 0.494 e.